The molecule has 1 N–H and O–H groups in total. The van der Waals surface area contributed by atoms with E-state index in [-0.39, 0.29) is 31.4 Å². The topological polar surface area (TPSA) is 75.7 Å². The van der Waals surface area contributed by atoms with Crippen LogP contribution in [0.25, 0.3) is 0 Å². The van der Waals surface area contributed by atoms with Crippen LogP contribution in [0.5, 0.6) is 0 Å². The van der Waals surface area contributed by atoms with Crippen LogP contribution in [0.3, 0.4) is 0 Å². The van der Waals surface area contributed by atoms with Gasteiger partial charge in [0, 0.05) is 24.3 Å². The van der Waals surface area contributed by atoms with Gasteiger partial charge in [0.1, 0.15) is 0 Å². The molecule has 1 saturated heterocycles. The van der Waals surface area contributed by atoms with Gasteiger partial charge in [0.15, 0.2) is 6.61 Å². The van der Waals surface area contributed by atoms with E-state index >= 15 is 0 Å². The van der Waals surface area contributed by atoms with E-state index in [9.17, 15) is 14.4 Å². The molecule has 1 fully saturated rings. The summed E-state index contributed by atoms with van der Waals surface area (Å²) in [5.41, 5.74) is 5.22. The fourth-order valence-electron chi connectivity index (χ4n) is 4.27. The normalized spacial score (nSPS) is 17.7. The maximum Gasteiger partial charge on any atom is 0.311 e. The van der Waals surface area contributed by atoms with Crippen LogP contribution in [-0.4, -0.2) is 30.9 Å². The van der Waals surface area contributed by atoms with E-state index in [4.69, 9.17) is 4.74 Å². The van der Waals surface area contributed by atoms with E-state index in [0.717, 1.165) is 42.6 Å². The first kappa shape index (κ1) is 20.1. The molecule has 0 spiro atoms. The van der Waals surface area contributed by atoms with Crippen LogP contribution in [0.4, 0.5) is 11.4 Å². The van der Waals surface area contributed by atoms with E-state index in [0.29, 0.717) is 0 Å². The lowest BCUT2D eigenvalue weighted by molar-refractivity contribution is -0.151. The van der Waals surface area contributed by atoms with E-state index in [1.54, 1.807) is 4.90 Å². The molecule has 1 atom stereocenters. The number of rotatable bonds is 6. The Balaban J connectivity index is 1.31. The predicted octanol–water partition coefficient (Wildman–Crippen LogP) is 3.27. The third-order valence-electron chi connectivity index (χ3n) is 5.85. The van der Waals surface area contributed by atoms with Gasteiger partial charge >= 0.3 is 5.97 Å². The molecule has 0 radical (unpaired) electrons. The third-order valence-corrected chi connectivity index (χ3v) is 5.85. The highest BCUT2D eigenvalue weighted by Crippen LogP contribution is 2.29. The first-order valence-corrected chi connectivity index (χ1v) is 10.5. The number of hydrogen-bond donors (Lipinski definition) is 1. The summed E-state index contributed by atoms with van der Waals surface area (Å²) in [5.74, 6) is -1.54. The van der Waals surface area contributed by atoms with Gasteiger partial charge in [0.05, 0.1) is 5.92 Å². The number of carbonyl (C=O) groups is 3. The van der Waals surface area contributed by atoms with E-state index in [2.05, 4.69) is 5.32 Å². The molecule has 156 valence electrons. The average molecular weight is 406 g/mol. The van der Waals surface area contributed by atoms with Crippen molar-refractivity contribution in [1.82, 2.24) is 0 Å². The van der Waals surface area contributed by atoms with Crippen LogP contribution in [0.2, 0.25) is 0 Å². The minimum atomic E-state index is -0.560. The van der Waals surface area contributed by atoms with Crippen LogP contribution < -0.4 is 10.2 Å². The third kappa shape index (κ3) is 4.22. The van der Waals surface area contributed by atoms with Crippen molar-refractivity contribution in [1.29, 1.82) is 0 Å². The van der Waals surface area contributed by atoms with Gasteiger partial charge in [0.25, 0.3) is 5.91 Å². The molecule has 2 amide bonds. The summed E-state index contributed by atoms with van der Waals surface area (Å²) in [4.78, 5) is 38.8. The number of anilines is 2. The zero-order chi connectivity index (χ0) is 21.1. The molecule has 6 heteroatoms. The predicted molar refractivity (Wildman–Crippen MR) is 114 cm³/mol. The number of benzene rings is 2. The molecule has 0 aromatic heterocycles. The Labute approximate surface area is 176 Å². The summed E-state index contributed by atoms with van der Waals surface area (Å²) in [5, 5.41) is 2.78. The summed E-state index contributed by atoms with van der Waals surface area (Å²) in [6.07, 6.45) is 4.16. The van der Waals surface area contributed by atoms with E-state index < -0.39 is 11.9 Å². The van der Waals surface area contributed by atoms with Crippen molar-refractivity contribution in [3.63, 3.8) is 0 Å². The molecular weight excluding hydrogens is 380 g/mol. The summed E-state index contributed by atoms with van der Waals surface area (Å²) < 4.78 is 5.21. The number of fused-ring (bicyclic) bond motifs is 1. The van der Waals surface area contributed by atoms with Crippen LogP contribution in [0, 0.1) is 5.92 Å². The van der Waals surface area contributed by atoms with E-state index in [1.165, 1.54) is 11.1 Å². The fraction of sp³-hybridized carbons (Fsp3) is 0.375. The maximum absolute atomic E-state index is 12.5. The number of esters is 1. The Morgan fingerprint density at radius 1 is 1.13 bits per heavy atom. The molecule has 2 aromatic carbocycles. The molecule has 0 saturated carbocycles. The molecule has 1 aliphatic carbocycles. The number of nitrogens with one attached hydrogen (secondary N) is 1. The molecule has 2 aromatic rings. The highest BCUT2D eigenvalue weighted by atomic mass is 16.5. The maximum atomic E-state index is 12.5. The Morgan fingerprint density at radius 3 is 2.77 bits per heavy atom. The second kappa shape index (κ2) is 8.69. The van der Waals surface area contributed by atoms with Crippen molar-refractivity contribution < 1.29 is 19.1 Å². The molecule has 1 unspecified atom stereocenters. The number of amides is 2. The quantitative estimate of drug-likeness (QED) is 0.747. The van der Waals surface area contributed by atoms with Crippen molar-refractivity contribution >= 4 is 29.2 Å². The number of carbonyl (C=O) groups excluding carboxylic acids is 3. The van der Waals surface area contributed by atoms with Crippen LogP contribution >= 0.6 is 0 Å². The first-order valence-electron chi connectivity index (χ1n) is 10.5. The van der Waals surface area contributed by atoms with Gasteiger partial charge in [-0.1, -0.05) is 31.2 Å². The number of para-hydroxylation sites is 1. The molecule has 2 aliphatic rings. The number of ether oxygens (including phenoxy) is 1. The molecule has 6 nitrogen and oxygen atoms in total. The fourth-order valence-corrected chi connectivity index (χ4v) is 4.27. The standard InChI is InChI=1S/C24H26N2O4/c1-2-16-6-3-4-9-21(16)26-14-19(13-23(26)28)24(29)30-15-22(27)25-20-11-10-17-7-5-8-18(17)12-20/h3-4,6,9-12,19H,2,5,7-8,13-15H2,1H3,(H,25,27). The lowest BCUT2D eigenvalue weighted by Gasteiger charge is -2.19. The number of nitrogens with zero attached hydrogens (tertiary/aromatic N) is 1. The van der Waals surface area contributed by atoms with E-state index in [1.807, 2.05) is 49.4 Å². The molecule has 0 bridgehead atoms. The van der Waals surface area contributed by atoms with Crippen molar-refractivity contribution in [2.45, 2.75) is 39.0 Å². The van der Waals surface area contributed by atoms with Crippen molar-refractivity contribution in [3.8, 4) is 0 Å². The largest absolute Gasteiger partial charge is 0.455 e. The second-order valence-corrected chi connectivity index (χ2v) is 7.88. The summed E-state index contributed by atoms with van der Waals surface area (Å²) in [6, 6.07) is 13.6. The number of aryl methyl sites for hydroxylation is 3. The van der Waals surface area contributed by atoms with Gasteiger partial charge < -0.3 is 15.0 Å². The summed E-state index contributed by atoms with van der Waals surface area (Å²) >= 11 is 0. The average Bonchev–Trinajstić information content (AvgIpc) is 3.38. The highest BCUT2D eigenvalue weighted by Gasteiger charge is 2.37. The SMILES string of the molecule is CCc1ccccc1N1CC(C(=O)OCC(=O)Nc2ccc3c(c2)CCC3)CC1=O. The molecule has 30 heavy (non-hydrogen) atoms. The minimum Gasteiger partial charge on any atom is -0.455 e. The highest BCUT2D eigenvalue weighted by molar-refractivity contribution is 6.00. The molecule has 4 rings (SSSR count). The zero-order valence-electron chi connectivity index (χ0n) is 17.1. The molecule has 1 aliphatic heterocycles. The van der Waals surface area contributed by atoms with Crippen molar-refractivity contribution in [2.75, 3.05) is 23.4 Å². The Hall–Kier alpha value is -3.15. The molecule has 1 heterocycles. The van der Waals surface area contributed by atoms with Gasteiger partial charge in [-0.15, -0.1) is 0 Å². The number of hydrogen-bond acceptors (Lipinski definition) is 4. The Kier molecular flexibility index (Phi) is 5.84. The van der Waals surface area contributed by atoms with Crippen LogP contribution in [0.1, 0.15) is 36.5 Å². The Morgan fingerprint density at radius 2 is 1.93 bits per heavy atom. The lowest BCUT2D eigenvalue weighted by Crippen LogP contribution is -2.28. The van der Waals surface area contributed by atoms with Gasteiger partial charge in [0.2, 0.25) is 5.91 Å². The van der Waals surface area contributed by atoms with Gasteiger partial charge in [-0.25, -0.2) is 0 Å². The van der Waals surface area contributed by atoms with Crippen LogP contribution in [0.15, 0.2) is 42.5 Å². The van der Waals surface area contributed by atoms with Crippen LogP contribution in [-0.2, 0) is 38.4 Å². The van der Waals surface area contributed by atoms with Gasteiger partial charge in [-0.3, -0.25) is 14.4 Å². The zero-order valence-corrected chi connectivity index (χ0v) is 17.1. The monoisotopic (exact) mass is 406 g/mol. The molecular formula is C24H26N2O4. The minimum absolute atomic E-state index is 0.0968. The van der Waals surface area contributed by atoms with Gasteiger partial charge in [-0.2, -0.15) is 0 Å². The van der Waals surface area contributed by atoms with Crippen molar-refractivity contribution in [3.05, 3.63) is 59.2 Å². The van der Waals surface area contributed by atoms with Crippen molar-refractivity contribution in [2.24, 2.45) is 5.92 Å². The summed E-state index contributed by atoms with van der Waals surface area (Å²) in [7, 11) is 0. The summed E-state index contributed by atoms with van der Waals surface area (Å²) in [6.45, 7) is 1.96. The lowest BCUT2D eigenvalue weighted by atomic mass is 10.1. The second-order valence-electron chi connectivity index (χ2n) is 7.88. The smallest absolute Gasteiger partial charge is 0.311 e. The Bertz CT molecular complexity index is 985. The van der Waals surface area contributed by atoms with Gasteiger partial charge in [-0.05, 0) is 60.6 Å². The first-order chi connectivity index (χ1) is 14.5.